The van der Waals surface area contributed by atoms with Gasteiger partial charge in [0.1, 0.15) is 0 Å². The van der Waals surface area contributed by atoms with E-state index in [1.807, 2.05) is 13.8 Å². The Balaban J connectivity index is 4.07. The number of hydrogen-bond acceptors (Lipinski definition) is 3. The summed E-state index contributed by atoms with van der Waals surface area (Å²) in [6.45, 7) is 3.93. The van der Waals surface area contributed by atoms with Gasteiger partial charge in [-0.25, -0.2) is 13.1 Å². The van der Waals surface area contributed by atoms with Gasteiger partial charge < -0.3 is 5.11 Å². The molecular formula is C10H21NO4S. The number of sulfonamides is 1. The lowest BCUT2D eigenvalue weighted by molar-refractivity contribution is -0.137. The van der Waals surface area contributed by atoms with Gasteiger partial charge in [-0.15, -0.1) is 0 Å². The van der Waals surface area contributed by atoms with Gasteiger partial charge in [0.05, 0.1) is 5.75 Å². The van der Waals surface area contributed by atoms with E-state index in [4.69, 9.17) is 5.11 Å². The Morgan fingerprint density at radius 3 is 2.44 bits per heavy atom. The van der Waals surface area contributed by atoms with Crippen LogP contribution in [0, 0.1) is 0 Å². The first kappa shape index (κ1) is 15.4. The van der Waals surface area contributed by atoms with E-state index in [-0.39, 0.29) is 24.6 Å². The Kier molecular flexibility index (Phi) is 7.33. The molecule has 0 aromatic carbocycles. The highest BCUT2D eigenvalue weighted by atomic mass is 32.2. The molecule has 0 spiro atoms. The molecule has 0 bridgehead atoms. The molecule has 0 saturated heterocycles. The molecule has 5 nitrogen and oxygen atoms in total. The summed E-state index contributed by atoms with van der Waals surface area (Å²) in [4.78, 5) is 10.3. The summed E-state index contributed by atoms with van der Waals surface area (Å²) in [5.41, 5.74) is 0. The SMILES string of the molecule is CCCC(CC)NS(=O)(=O)CCCC(=O)O. The number of carbonyl (C=O) groups is 1. The number of nitrogens with one attached hydrogen (secondary N) is 1. The zero-order valence-corrected chi connectivity index (χ0v) is 10.7. The van der Waals surface area contributed by atoms with Crippen molar-refractivity contribution in [3.63, 3.8) is 0 Å². The summed E-state index contributed by atoms with van der Waals surface area (Å²) >= 11 is 0. The monoisotopic (exact) mass is 251 g/mol. The minimum Gasteiger partial charge on any atom is -0.481 e. The molecule has 1 unspecified atom stereocenters. The van der Waals surface area contributed by atoms with Crippen molar-refractivity contribution in [2.45, 2.75) is 52.0 Å². The lowest BCUT2D eigenvalue weighted by Crippen LogP contribution is -2.36. The first-order valence-corrected chi connectivity index (χ1v) is 7.28. The van der Waals surface area contributed by atoms with Crippen LogP contribution in [-0.2, 0) is 14.8 Å². The van der Waals surface area contributed by atoms with Crippen LogP contribution < -0.4 is 4.72 Å². The van der Waals surface area contributed by atoms with Crippen molar-refractivity contribution >= 4 is 16.0 Å². The molecule has 6 heteroatoms. The summed E-state index contributed by atoms with van der Waals surface area (Å²) in [5, 5.41) is 8.41. The second-order valence-electron chi connectivity index (χ2n) is 3.83. The van der Waals surface area contributed by atoms with Crippen LogP contribution in [0.15, 0.2) is 0 Å². The molecule has 0 aliphatic rings. The number of hydrogen-bond donors (Lipinski definition) is 2. The molecule has 0 amide bonds. The second-order valence-corrected chi connectivity index (χ2v) is 5.70. The van der Waals surface area contributed by atoms with Gasteiger partial charge in [-0.05, 0) is 19.3 Å². The van der Waals surface area contributed by atoms with Crippen LogP contribution >= 0.6 is 0 Å². The number of carboxylic acids is 1. The van der Waals surface area contributed by atoms with E-state index < -0.39 is 16.0 Å². The standard InChI is InChI=1S/C10H21NO4S/c1-3-6-9(4-2)11-16(14,15)8-5-7-10(12)13/h9,11H,3-8H2,1-2H3,(H,12,13). The quantitative estimate of drug-likeness (QED) is 0.648. The molecule has 0 aromatic rings. The Morgan fingerprint density at radius 2 is 2.00 bits per heavy atom. The highest BCUT2D eigenvalue weighted by Gasteiger charge is 2.15. The first-order chi connectivity index (χ1) is 7.41. The van der Waals surface area contributed by atoms with E-state index in [1.54, 1.807) is 0 Å². The molecule has 16 heavy (non-hydrogen) atoms. The minimum absolute atomic E-state index is 0.0279. The van der Waals surface area contributed by atoms with Crippen LogP contribution in [0.2, 0.25) is 0 Å². The van der Waals surface area contributed by atoms with E-state index in [0.29, 0.717) is 0 Å². The molecular weight excluding hydrogens is 230 g/mol. The smallest absolute Gasteiger partial charge is 0.303 e. The van der Waals surface area contributed by atoms with Gasteiger partial charge >= 0.3 is 5.97 Å². The third-order valence-corrected chi connectivity index (χ3v) is 3.80. The molecule has 0 aliphatic carbocycles. The van der Waals surface area contributed by atoms with Gasteiger partial charge in [-0.2, -0.15) is 0 Å². The maximum Gasteiger partial charge on any atom is 0.303 e. The van der Waals surface area contributed by atoms with Gasteiger partial charge in [0, 0.05) is 12.5 Å². The predicted molar refractivity (Wildman–Crippen MR) is 62.8 cm³/mol. The summed E-state index contributed by atoms with van der Waals surface area (Å²) in [6.07, 6.45) is 2.55. The van der Waals surface area contributed by atoms with Crippen molar-refractivity contribution in [3.05, 3.63) is 0 Å². The molecule has 0 fully saturated rings. The molecule has 0 aliphatic heterocycles. The highest BCUT2D eigenvalue weighted by molar-refractivity contribution is 7.89. The van der Waals surface area contributed by atoms with E-state index in [9.17, 15) is 13.2 Å². The van der Waals surface area contributed by atoms with Crippen LogP contribution in [0.1, 0.15) is 46.0 Å². The van der Waals surface area contributed by atoms with E-state index in [2.05, 4.69) is 4.72 Å². The van der Waals surface area contributed by atoms with Gasteiger partial charge in [-0.1, -0.05) is 20.3 Å². The van der Waals surface area contributed by atoms with Gasteiger partial charge in [0.2, 0.25) is 10.0 Å². The van der Waals surface area contributed by atoms with Crippen molar-refractivity contribution < 1.29 is 18.3 Å². The van der Waals surface area contributed by atoms with E-state index in [0.717, 1.165) is 19.3 Å². The van der Waals surface area contributed by atoms with Crippen LogP contribution in [0.4, 0.5) is 0 Å². The van der Waals surface area contributed by atoms with Crippen molar-refractivity contribution in [3.8, 4) is 0 Å². The second kappa shape index (κ2) is 7.62. The van der Waals surface area contributed by atoms with Crippen molar-refractivity contribution in [1.82, 2.24) is 4.72 Å². The summed E-state index contributed by atoms with van der Waals surface area (Å²) in [5.74, 6) is -1.07. The number of aliphatic carboxylic acids is 1. The summed E-state index contributed by atoms with van der Waals surface area (Å²) in [6, 6.07) is -0.0279. The zero-order chi connectivity index (χ0) is 12.6. The maximum absolute atomic E-state index is 11.6. The summed E-state index contributed by atoms with van der Waals surface area (Å²) < 4.78 is 25.7. The van der Waals surface area contributed by atoms with Gasteiger partial charge in [0.25, 0.3) is 0 Å². The zero-order valence-electron chi connectivity index (χ0n) is 9.90. The third-order valence-electron chi connectivity index (χ3n) is 2.28. The van der Waals surface area contributed by atoms with Crippen molar-refractivity contribution in [1.29, 1.82) is 0 Å². The molecule has 0 rings (SSSR count). The van der Waals surface area contributed by atoms with Crippen molar-refractivity contribution in [2.75, 3.05) is 5.75 Å². The Hall–Kier alpha value is -0.620. The molecule has 1 atom stereocenters. The molecule has 2 N–H and O–H groups in total. The van der Waals surface area contributed by atoms with E-state index >= 15 is 0 Å². The molecule has 0 radical (unpaired) electrons. The average Bonchev–Trinajstić information content (AvgIpc) is 2.15. The average molecular weight is 251 g/mol. The van der Waals surface area contributed by atoms with Crippen LogP contribution in [0.5, 0.6) is 0 Å². The van der Waals surface area contributed by atoms with E-state index in [1.165, 1.54) is 0 Å². The first-order valence-electron chi connectivity index (χ1n) is 5.63. The minimum atomic E-state index is -3.32. The number of carboxylic acid groups (broad SMARTS) is 1. The predicted octanol–water partition coefficient (Wildman–Crippen LogP) is 1.35. The molecule has 0 aromatic heterocycles. The molecule has 0 saturated carbocycles. The fraction of sp³-hybridized carbons (Fsp3) is 0.900. The number of rotatable bonds is 9. The Labute approximate surface area is 97.3 Å². The van der Waals surface area contributed by atoms with Crippen molar-refractivity contribution in [2.24, 2.45) is 0 Å². The normalized spacial score (nSPS) is 13.6. The topological polar surface area (TPSA) is 83.5 Å². The molecule has 0 heterocycles. The third kappa shape index (κ3) is 7.64. The Morgan fingerprint density at radius 1 is 1.38 bits per heavy atom. The largest absolute Gasteiger partial charge is 0.481 e. The van der Waals surface area contributed by atoms with Crippen LogP contribution in [-0.4, -0.2) is 31.3 Å². The lowest BCUT2D eigenvalue weighted by Gasteiger charge is -2.15. The Bertz CT molecular complexity index is 300. The summed E-state index contributed by atoms with van der Waals surface area (Å²) in [7, 11) is -3.32. The highest BCUT2D eigenvalue weighted by Crippen LogP contribution is 2.04. The lowest BCUT2D eigenvalue weighted by atomic mass is 10.1. The maximum atomic E-state index is 11.6. The van der Waals surface area contributed by atoms with Gasteiger partial charge in [-0.3, -0.25) is 4.79 Å². The van der Waals surface area contributed by atoms with Crippen LogP contribution in [0.3, 0.4) is 0 Å². The van der Waals surface area contributed by atoms with Crippen LogP contribution in [0.25, 0.3) is 0 Å². The van der Waals surface area contributed by atoms with Gasteiger partial charge in [0.15, 0.2) is 0 Å². The fourth-order valence-corrected chi connectivity index (χ4v) is 2.86. The fourth-order valence-electron chi connectivity index (χ4n) is 1.42. The molecule has 96 valence electrons.